The summed E-state index contributed by atoms with van der Waals surface area (Å²) in [5.74, 6) is 0.263. The highest BCUT2D eigenvalue weighted by Crippen LogP contribution is 2.56. The highest BCUT2D eigenvalue weighted by molar-refractivity contribution is 7.95. The van der Waals surface area contributed by atoms with Crippen molar-refractivity contribution in [3.05, 3.63) is 91.0 Å². The van der Waals surface area contributed by atoms with Crippen LogP contribution in [-0.4, -0.2) is 35.5 Å². The molecule has 1 radical (unpaired) electrons. The maximum atomic E-state index is 12.7. The molecule has 1 unspecified atom stereocenters. The van der Waals surface area contributed by atoms with Gasteiger partial charge in [0, 0.05) is 23.6 Å². The number of hydrogen-bond acceptors (Lipinski definition) is 2. The second-order valence-electron chi connectivity index (χ2n) is 11.0. The number of ether oxygens (including phenoxy) is 1. The van der Waals surface area contributed by atoms with E-state index < -0.39 is 7.26 Å². The lowest BCUT2D eigenvalue weighted by Crippen LogP contribution is -3.00. The van der Waals surface area contributed by atoms with E-state index in [9.17, 15) is 5.21 Å². The fraction of sp³-hybridized carbons (Fsp3) is 0.419. The fourth-order valence-electron chi connectivity index (χ4n) is 5.81. The van der Waals surface area contributed by atoms with Crippen LogP contribution in [0.4, 0.5) is 0 Å². The molecule has 1 atom stereocenters. The summed E-state index contributed by atoms with van der Waals surface area (Å²) in [6.45, 7) is 9.60. The SMILES string of the molecule is CC1(C)CC(COCCCC[P+](c2ccccc2)(c2ccccc2)c2ccccc2)C(C)(C)N1[O].[Br-]. The van der Waals surface area contributed by atoms with E-state index in [2.05, 4.69) is 105 Å². The van der Waals surface area contributed by atoms with Gasteiger partial charge in [-0.1, -0.05) is 54.6 Å². The highest BCUT2D eigenvalue weighted by atomic mass is 79.9. The summed E-state index contributed by atoms with van der Waals surface area (Å²) in [4.78, 5) is 0. The first kappa shape index (κ1) is 29.0. The lowest BCUT2D eigenvalue weighted by molar-refractivity contribution is -0.249. The molecule has 3 aromatic rings. The van der Waals surface area contributed by atoms with Gasteiger partial charge in [-0.05, 0) is 83.4 Å². The largest absolute Gasteiger partial charge is 1.00 e. The molecule has 0 aliphatic carbocycles. The molecule has 193 valence electrons. The van der Waals surface area contributed by atoms with E-state index in [1.165, 1.54) is 21.0 Å². The van der Waals surface area contributed by atoms with E-state index in [1.54, 1.807) is 0 Å². The zero-order chi connectivity index (χ0) is 24.9. The van der Waals surface area contributed by atoms with Crippen molar-refractivity contribution in [2.45, 2.75) is 58.0 Å². The molecule has 5 heteroatoms. The Morgan fingerprint density at radius 1 is 0.778 bits per heavy atom. The van der Waals surface area contributed by atoms with Gasteiger partial charge >= 0.3 is 0 Å². The standard InChI is InChI=1S/C31H40NO2P.BrH/c1-30(2)24-26(31(3,4)32(30)33)25-34-22-14-15-23-35(27-16-8-5-9-17-27,28-18-10-6-11-19-28)29-20-12-7-13-21-29;/h5-13,16-21,26H,14-15,22-25H2,1-4H3;1H/q+1;/p-1. The van der Waals surface area contributed by atoms with Crippen LogP contribution in [0.3, 0.4) is 0 Å². The fourth-order valence-corrected chi connectivity index (χ4v) is 10.2. The minimum Gasteiger partial charge on any atom is -1.00 e. The summed E-state index contributed by atoms with van der Waals surface area (Å²) in [5.41, 5.74) is -0.694. The topological polar surface area (TPSA) is 32.4 Å². The molecule has 0 saturated carbocycles. The predicted molar refractivity (Wildman–Crippen MR) is 149 cm³/mol. The van der Waals surface area contributed by atoms with Crippen molar-refractivity contribution in [3.8, 4) is 0 Å². The normalized spacial score (nSPS) is 19.1. The molecule has 0 N–H and O–H groups in total. The first-order valence-electron chi connectivity index (χ1n) is 12.9. The average molecular weight is 570 g/mol. The predicted octanol–water partition coefficient (Wildman–Crippen LogP) is 3.01. The zero-order valence-corrected chi connectivity index (χ0v) is 24.5. The molecule has 36 heavy (non-hydrogen) atoms. The van der Waals surface area contributed by atoms with Crippen molar-refractivity contribution in [1.29, 1.82) is 0 Å². The minimum atomic E-state index is -1.77. The first-order chi connectivity index (χ1) is 16.8. The van der Waals surface area contributed by atoms with Crippen LogP contribution < -0.4 is 32.9 Å². The summed E-state index contributed by atoms with van der Waals surface area (Å²) < 4.78 is 6.17. The van der Waals surface area contributed by atoms with E-state index in [1.807, 2.05) is 13.8 Å². The van der Waals surface area contributed by atoms with Crippen LogP contribution in [-0.2, 0) is 9.94 Å². The van der Waals surface area contributed by atoms with Crippen molar-refractivity contribution in [1.82, 2.24) is 5.06 Å². The van der Waals surface area contributed by atoms with Crippen LogP contribution in [0.5, 0.6) is 0 Å². The molecule has 1 fully saturated rings. The van der Waals surface area contributed by atoms with Gasteiger partial charge in [-0.15, -0.1) is 10.3 Å². The van der Waals surface area contributed by atoms with Crippen LogP contribution in [0, 0.1) is 5.92 Å². The molecule has 0 spiro atoms. The number of rotatable bonds is 10. The zero-order valence-electron chi connectivity index (χ0n) is 22.1. The van der Waals surface area contributed by atoms with Crippen molar-refractivity contribution in [2.24, 2.45) is 5.92 Å². The molecule has 3 nitrogen and oxygen atoms in total. The molecule has 1 saturated heterocycles. The van der Waals surface area contributed by atoms with Gasteiger partial charge in [0.2, 0.25) is 0 Å². The van der Waals surface area contributed by atoms with Crippen LogP contribution in [0.1, 0.15) is 47.0 Å². The first-order valence-corrected chi connectivity index (χ1v) is 14.9. The quantitative estimate of drug-likeness (QED) is 0.278. The minimum absolute atomic E-state index is 0. The number of hydroxylamine groups is 2. The molecule has 3 aromatic carbocycles. The van der Waals surface area contributed by atoms with Crippen molar-refractivity contribution >= 4 is 23.2 Å². The van der Waals surface area contributed by atoms with Crippen LogP contribution in [0.25, 0.3) is 0 Å². The summed E-state index contributed by atoms with van der Waals surface area (Å²) in [5, 5.41) is 18.3. The number of hydrogen-bond donors (Lipinski definition) is 0. The Labute approximate surface area is 229 Å². The van der Waals surface area contributed by atoms with Gasteiger partial charge < -0.3 is 21.7 Å². The van der Waals surface area contributed by atoms with E-state index in [0.717, 1.165) is 32.0 Å². The molecule has 0 amide bonds. The Morgan fingerprint density at radius 2 is 1.22 bits per heavy atom. The van der Waals surface area contributed by atoms with Crippen LogP contribution >= 0.6 is 7.26 Å². The number of benzene rings is 3. The lowest BCUT2D eigenvalue weighted by Gasteiger charge is -2.33. The van der Waals surface area contributed by atoms with Crippen LogP contribution in [0.2, 0.25) is 0 Å². The lowest BCUT2D eigenvalue weighted by atomic mass is 9.88. The van der Waals surface area contributed by atoms with Gasteiger partial charge in [0.05, 0.1) is 12.8 Å². The van der Waals surface area contributed by atoms with Gasteiger partial charge in [-0.2, -0.15) is 0 Å². The second kappa shape index (κ2) is 12.3. The number of halogens is 1. The molecule has 4 rings (SSSR count). The second-order valence-corrected chi connectivity index (χ2v) is 14.6. The number of nitrogens with zero attached hydrogens (tertiary/aromatic N) is 1. The summed E-state index contributed by atoms with van der Waals surface area (Å²) in [6, 6.07) is 33.2. The highest BCUT2D eigenvalue weighted by Gasteiger charge is 2.52. The monoisotopic (exact) mass is 568 g/mol. The van der Waals surface area contributed by atoms with E-state index in [0.29, 0.717) is 6.61 Å². The third-order valence-electron chi connectivity index (χ3n) is 7.76. The summed E-state index contributed by atoms with van der Waals surface area (Å²) >= 11 is 0. The molecular formula is C31H40BrNO2P. The Morgan fingerprint density at radius 3 is 1.61 bits per heavy atom. The summed E-state index contributed by atoms with van der Waals surface area (Å²) in [7, 11) is -1.77. The Balaban J connectivity index is 0.00000361. The van der Waals surface area contributed by atoms with Gasteiger partial charge in [0.15, 0.2) is 0 Å². The molecule has 1 aliphatic heterocycles. The van der Waals surface area contributed by atoms with Crippen molar-refractivity contribution in [3.63, 3.8) is 0 Å². The Hall–Kier alpha value is -1.55. The van der Waals surface area contributed by atoms with E-state index in [4.69, 9.17) is 4.74 Å². The Kier molecular flexibility index (Phi) is 9.94. The van der Waals surface area contributed by atoms with Gasteiger partial charge in [-0.25, -0.2) is 0 Å². The smallest absolute Gasteiger partial charge is 0.112 e. The summed E-state index contributed by atoms with van der Waals surface area (Å²) in [6.07, 6.45) is 4.12. The third-order valence-corrected chi connectivity index (χ3v) is 12.3. The van der Waals surface area contributed by atoms with Gasteiger partial charge in [-0.3, -0.25) is 0 Å². The molecular weight excluding hydrogens is 529 g/mol. The third kappa shape index (κ3) is 5.95. The van der Waals surface area contributed by atoms with Crippen molar-refractivity contribution in [2.75, 3.05) is 19.4 Å². The Bertz CT molecular complexity index is 963. The molecule has 1 heterocycles. The van der Waals surface area contributed by atoms with Gasteiger partial charge in [0.1, 0.15) is 23.2 Å². The van der Waals surface area contributed by atoms with E-state index in [-0.39, 0.29) is 34.0 Å². The average Bonchev–Trinajstić information content (AvgIpc) is 3.04. The maximum Gasteiger partial charge on any atom is 0.112 e. The molecule has 1 aliphatic rings. The number of unbranched alkanes of at least 4 members (excludes halogenated alkanes) is 1. The molecule has 0 bridgehead atoms. The molecule has 0 aromatic heterocycles. The van der Waals surface area contributed by atoms with Gasteiger partial charge in [0.25, 0.3) is 0 Å². The van der Waals surface area contributed by atoms with Crippen molar-refractivity contribution < 1.29 is 26.9 Å². The maximum absolute atomic E-state index is 12.7. The van der Waals surface area contributed by atoms with Crippen LogP contribution in [0.15, 0.2) is 91.0 Å². The van der Waals surface area contributed by atoms with E-state index >= 15 is 0 Å².